The molecule has 0 saturated carbocycles. The Bertz CT molecular complexity index is 503. The lowest BCUT2D eigenvalue weighted by Gasteiger charge is -2.16. The number of thiazole rings is 1. The zero-order valence-electron chi connectivity index (χ0n) is 10.2. The molecule has 0 fully saturated rings. The SMILES string of the molecule is CCCCCN(C)c1nc2sccn2c1C=O. The van der Waals surface area contributed by atoms with Crippen LogP contribution >= 0.6 is 11.3 Å². The summed E-state index contributed by atoms with van der Waals surface area (Å²) >= 11 is 1.55. The Morgan fingerprint density at radius 1 is 1.53 bits per heavy atom. The molecule has 5 heteroatoms. The van der Waals surface area contributed by atoms with Crippen LogP contribution in [0.5, 0.6) is 0 Å². The lowest BCUT2D eigenvalue weighted by Crippen LogP contribution is -2.20. The second-order valence-corrected chi connectivity index (χ2v) is 5.00. The first-order valence-corrected chi connectivity index (χ1v) is 6.77. The van der Waals surface area contributed by atoms with E-state index in [4.69, 9.17) is 0 Å². The van der Waals surface area contributed by atoms with E-state index in [1.165, 1.54) is 12.8 Å². The maximum atomic E-state index is 11.2. The summed E-state index contributed by atoms with van der Waals surface area (Å²) in [6.45, 7) is 3.13. The number of rotatable bonds is 6. The van der Waals surface area contributed by atoms with Crippen LogP contribution in [0.1, 0.15) is 36.7 Å². The maximum Gasteiger partial charge on any atom is 0.196 e. The van der Waals surface area contributed by atoms with Gasteiger partial charge in [-0.1, -0.05) is 19.8 Å². The number of nitrogens with zero attached hydrogens (tertiary/aromatic N) is 3. The van der Waals surface area contributed by atoms with Crippen molar-refractivity contribution in [2.45, 2.75) is 26.2 Å². The van der Waals surface area contributed by atoms with E-state index in [2.05, 4.69) is 16.8 Å². The summed E-state index contributed by atoms with van der Waals surface area (Å²) in [4.78, 5) is 18.6. The van der Waals surface area contributed by atoms with E-state index < -0.39 is 0 Å². The number of fused-ring (bicyclic) bond motifs is 1. The molecule has 0 amide bonds. The highest BCUT2D eigenvalue weighted by Crippen LogP contribution is 2.22. The lowest BCUT2D eigenvalue weighted by atomic mass is 10.2. The number of unbranched alkanes of at least 4 members (excludes halogenated alkanes) is 2. The smallest absolute Gasteiger partial charge is 0.196 e. The largest absolute Gasteiger partial charge is 0.358 e. The average Bonchev–Trinajstić information content (AvgIpc) is 2.88. The lowest BCUT2D eigenvalue weighted by molar-refractivity contribution is 0.111. The first-order valence-electron chi connectivity index (χ1n) is 5.89. The third kappa shape index (κ3) is 2.34. The number of anilines is 1. The van der Waals surface area contributed by atoms with E-state index in [1.807, 2.05) is 23.0 Å². The molecule has 0 atom stereocenters. The Hall–Kier alpha value is -1.36. The molecule has 2 aromatic heterocycles. The number of carbonyl (C=O) groups is 1. The molecular formula is C12H17N3OS. The second-order valence-electron chi connectivity index (χ2n) is 4.12. The summed E-state index contributed by atoms with van der Waals surface area (Å²) < 4.78 is 1.85. The van der Waals surface area contributed by atoms with E-state index in [9.17, 15) is 4.79 Å². The molecule has 2 rings (SSSR count). The molecule has 0 bridgehead atoms. The van der Waals surface area contributed by atoms with Crippen molar-refractivity contribution in [1.29, 1.82) is 0 Å². The van der Waals surface area contributed by atoms with Crippen molar-refractivity contribution in [1.82, 2.24) is 9.38 Å². The van der Waals surface area contributed by atoms with Gasteiger partial charge >= 0.3 is 0 Å². The standard InChI is InChI=1S/C12H17N3OS/c1-3-4-5-6-14(2)11-10(9-16)15-7-8-17-12(15)13-11/h7-9H,3-6H2,1-2H3. The number of carbonyl (C=O) groups excluding carboxylic acids is 1. The molecule has 0 aromatic carbocycles. The molecule has 0 saturated heterocycles. The first kappa shape index (κ1) is 12.1. The summed E-state index contributed by atoms with van der Waals surface area (Å²) in [5.41, 5.74) is 0.653. The van der Waals surface area contributed by atoms with Gasteiger partial charge in [0.05, 0.1) is 0 Å². The number of aldehydes is 1. The van der Waals surface area contributed by atoms with Gasteiger partial charge in [-0.2, -0.15) is 0 Å². The fourth-order valence-electron chi connectivity index (χ4n) is 1.89. The topological polar surface area (TPSA) is 37.6 Å². The van der Waals surface area contributed by atoms with Gasteiger partial charge in [-0.05, 0) is 6.42 Å². The van der Waals surface area contributed by atoms with Gasteiger partial charge in [0.15, 0.2) is 17.1 Å². The van der Waals surface area contributed by atoms with E-state index in [0.717, 1.165) is 30.0 Å². The second kappa shape index (κ2) is 5.31. The van der Waals surface area contributed by atoms with Crippen molar-refractivity contribution in [3.05, 3.63) is 17.3 Å². The van der Waals surface area contributed by atoms with Gasteiger partial charge in [-0.3, -0.25) is 9.20 Å². The van der Waals surface area contributed by atoms with E-state index in [-0.39, 0.29) is 0 Å². The minimum Gasteiger partial charge on any atom is -0.358 e. The number of hydrogen-bond donors (Lipinski definition) is 0. The number of imidazole rings is 1. The van der Waals surface area contributed by atoms with E-state index in [1.54, 1.807) is 11.3 Å². The third-order valence-corrected chi connectivity index (χ3v) is 3.61. The molecule has 0 aliphatic heterocycles. The van der Waals surface area contributed by atoms with Crippen molar-refractivity contribution < 1.29 is 4.79 Å². The zero-order chi connectivity index (χ0) is 12.3. The monoisotopic (exact) mass is 251 g/mol. The fourth-order valence-corrected chi connectivity index (χ4v) is 2.60. The Morgan fingerprint density at radius 2 is 2.35 bits per heavy atom. The van der Waals surface area contributed by atoms with Crippen LogP contribution in [0.4, 0.5) is 5.82 Å². The predicted molar refractivity (Wildman–Crippen MR) is 71.3 cm³/mol. The van der Waals surface area contributed by atoms with Crippen LogP contribution in [0.15, 0.2) is 11.6 Å². The van der Waals surface area contributed by atoms with Crippen LogP contribution < -0.4 is 4.90 Å². The van der Waals surface area contributed by atoms with Crippen molar-refractivity contribution in [3.63, 3.8) is 0 Å². The van der Waals surface area contributed by atoms with Crippen molar-refractivity contribution in [3.8, 4) is 0 Å². The number of hydrogen-bond acceptors (Lipinski definition) is 4. The van der Waals surface area contributed by atoms with Crippen LogP contribution in [0.2, 0.25) is 0 Å². The fraction of sp³-hybridized carbons (Fsp3) is 0.500. The molecule has 0 aliphatic carbocycles. The highest BCUT2D eigenvalue weighted by atomic mass is 32.1. The molecule has 0 spiro atoms. The summed E-state index contributed by atoms with van der Waals surface area (Å²) in [6, 6.07) is 0. The molecular weight excluding hydrogens is 234 g/mol. The van der Waals surface area contributed by atoms with Crippen molar-refractivity contribution in [2.75, 3.05) is 18.5 Å². The average molecular weight is 251 g/mol. The van der Waals surface area contributed by atoms with Crippen molar-refractivity contribution >= 4 is 28.4 Å². The summed E-state index contributed by atoms with van der Waals surface area (Å²) in [5, 5.41) is 1.94. The minimum absolute atomic E-state index is 0.653. The molecule has 0 radical (unpaired) electrons. The molecule has 92 valence electrons. The van der Waals surface area contributed by atoms with Gasteiger partial charge < -0.3 is 4.90 Å². The molecule has 0 aliphatic rings. The molecule has 2 aromatic rings. The van der Waals surface area contributed by atoms with Crippen LogP contribution in [0.25, 0.3) is 4.96 Å². The van der Waals surface area contributed by atoms with Crippen molar-refractivity contribution in [2.24, 2.45) is 0 Å². The Morgan fingerprint density at radius 3 is 3.06 bits per heavy atom. The molecule has 4 nitrogen and oxygen atoms in total. The third-order valence-electron chi connectivity index (χ3n) is 2.85. The Balaban J connectivity index is 2.21. The summed E-state index contributed by atoms with van der Waals surface area (Å²) in [5.74, 6) is 0.794. The molecule has 17 heavy (non-hydrogen) atoms. The van der Waals surface area contributed by atoms with Gasteiger partial charge in [-0.25, -0.2) is 4.98 Å². The molecule has 0 N–H and O–H groups in total. The van der Waals surface area contributed by atoms with Gasteiger partial charge in [0.2, 0.25) is 0 Å². The van der Waals surface area contributed by atoms with Crippen LogP contribution in [-0.2, 0) is 0 Å². The Kier molecular flexibility index (Phi) is 3.78. The zero-order valence-corrected chi connectivity index (χ0v) is 11.0. The summed E-state index contributed by atoms with van der Waals surface area (Å²) in [6.07, 6.45) is 6.32. The Labute approximate surface area is 105 Å². The van der Waals surface area contributed by atoms with Crippen LogP contribution in [0.3, 0.4) is 0 Å². The highest BCUT2D eigenvalue weighted by Gasteiger charge is 2.15. The van der Waals surface area contributed by atoms with Gasteiger partial charge in [0, 0.05) is 25.2 Å². The quantitative estimate of drug-likeness (QED) is 0.585. The van der Waals surface area contributed by atoms with Crippen LogP contribution in [0, 0.1) is 0 Å². The van der Waals surface area contributed by atoms with Gasteiger partial charge in [0.1, 0.15) is 5.69 Å². The van der Waals surface area contributed by atoms with Gasteiger partial charge in [-0.15, -0.1) is 11.3 Å². The highest BCUT2D eigenvalue weighted by molar-refractivity contribution is 7.15. The van der Waals surface area contributed by atoms with E-state index >= 15 is 0 Å². The molecule has 0 unspecified atom stereocenters. The van der Waals surface area contributed by atoms with E-state index in [0.29, 0.717) is 5.69 Å². The number of aromatic nitrogens is 2. The minimum atomic E-state index is 0.653. The molecule has 2 heterocycles. The summed E-state index contributed by atoms with van der Waals surface area (Å²) in [7, 11) is 2.00. The normalized spacial score (nSPS) is 10.9. The predicted octanol–water partition coefficient (Wildman–Crippen LogP) is 2.83. The van der Waals surface area contributed by atoms with Crippen LogP contribution in [-0.4, -0.2) is 29.3 Å². The maximum absolute atomic E-state index is 11.2. The van der Waals surface area contributed by atoms with Gasteiger partial charge in [0.25, 0.3) is 0 Å². The first-order chi connectivity index (χ1) is 8.27.